The van der Waals surface area contributed by atoms with Crippen molar-refractivity contribution in [3.8, 4) is 0 Å². The van der Waals surface area contributed by atoms with Crippen LogP contribution in [0, 0.1) is 0 Å². The van der Waals surface area contributed by atoms with Gasteiger partial charge < -0.3 is 9.80 Å². The van der Waals surface area contributed by atoms with E-state index in [1.165, 1.54) is 4.90 Å². The zero-order valence-electron chi connectivity index (χ0n) is 17.4. The van der Waals surface area contributed by atoms with Crippen LogP contribution in [0.4, 0.5) is 0 Å². The molecular formula is C19H18N2O2. The molecule has 116 valence electrons. The highest BCUT2D eigenvalue weighted by Gasteiger charge is 2.38. The van der Waals surface area contributed by atoms with Gasteiger partial charge in [0, 0.05) is 18.7 Å². The number of benzene rings is 2. The highest BCUT2D eigenvalue weighted by Crippen LogP contribution is 2.33. The molecule has 2 aliphatic rings. The van der Waals surface area contributed by atoms with Crippen LogP contribution in [0.25, 0.3) is 0 Å². The average Bonchev–Trinajstić information content (AvgIpc) is 2.70. The third-order valence-corrected chi connectivity index (χ3v) is 4.45. The van der Waals surface area contributed by atoms with E-state index in [-0.39, 0.29) is 25.0 Å². The van der Waals surface area contributed by atoms with Crippen molar-refractivity contribution in [1.82, 2.24) is 9.80 Å². The first-order valence-corrected chi connectivity index (χ1v) is 7.54. The van der Waals surface area contributed by atoms with E-state index in [4.69, 9.17) is 6.85 Å². The molecule has 23 heavy (non-hydrogen) atoms. The lowest BCUT2D eigenvalue weighted by Crippen LogP contribution is -2.55. The van der Waals surface area contributed by atoms with E-state index in [1.807, 2.05) is 24.3 Å². The van der Waals surface area contributed by atoms with Crippen LogP contribution in [0.5, 0.6) is 0 Å². The van der Waals surface area contributed by atoms with Crippen molar-refractivity contribution in [2.75, 3.05) is 19.6 Å². The Morgan fingerprint density at radius 1 is 1.17 bits per heavy atom. The summed E-state index contributed by atoms with van der Waals surface area (Å²) in [7, 11) is 0. The van der Waals surface area contributed by atoms with Crippen LogP contribution in [-0.2, 0) is 11.2 Å². The number of piperazine rings is 1. The van der Waals surface area contributed by atoms with Gasteiger partial charge in [0.25, 0.3) is 5.91 Å². The van der Waals surface area contributed by atoms with Crippen LogP contribution >= 0.6 is 0 Å². The highest BCUT2D eigenvalue weighted by atomic mass is 16.2. The third kappa shape index (κ3) is 2.40. The second kappa shape index (κ2) is 5.54. The topological polar surface area (TPSA) is 40.6 Å². The molecule has 0 N–H and O–H groups in total. The van der Waals surface area contributed by atoms with Gasteiger partial charge in [-0.2, -0.15) is 0 Å². The van der Waals surface area contributed by atoms with Crippen LogP contribution in [0.1, 0.15) is 34.4 Å². The van der Waals surface area contributed by atoms with Crippen molar-refractivity contribution in [1.29, 1.82) is 0 Å². The first-order valence-electron chi connectivity index (χ1n) is 10.0. The summed E-state index contributed by atoms with van der Waals surface area (Å²) < 4.78 is 39.3. The zero-order valence-corrected chi connectivity index (χ0v) is 12.4. The standard InChI is InChI=1S/C19H18N2O2/c22-18-13-20(19(23)15-7-2-1-3-8-15)12-17-16-9-5-4-6-14(16)10-11-21(17)18/h1-9,17H,10-13H2/i1D,2D,3D,7D,8D. The predicted octanol–water partition coefficient (Wildman–Crippen LogP) is 2.27. The van der Waals surface area contributed by atoms with E-state index in [0.29, 0.717) is 6.54 Å². The molecule has 2 aromatic carbocycles. The lowest BCUT2D eigenvalue weighted by molar-refractivity contribution is -0.139. The lowest BCUT2D eigenvalue weighted by Gasteiger charge is -2.44. The van der Waals surface area contributed by atoms with Crippen molar-refractivity contribution in [3.05, 3.63) is 71.2 Å². The summed E-state index contributed by atoms with van der Waals surface area (Å²) >= 11 is 0. The number of rotatable bonds is 1. The Kier molecular flexibility index (Phi) is 2.29. The molecule has 2 amide bonds. The van der Waals surface area contributed by atoms with E-state index in [1.54, 1.807) is 4.90 Å². The molecule has 2 aliphatic heterocycles. The lowest BCUT2D eigenvalue weighted by atomic mass is 9.90. The molecular weight excluding hydrogens is 288 g/mol. The summed E-state index contributed by atoms with van der Waals surface area (Å²) in [5.41, 5.74) is 1.73. The van der Waals surface area contributed by atoms with Crippen LogP contribution in [0.3, 0.4) is 0 Å². The molecule has 0 radical (unpaired) electrons. The van der Waals surface area contributed by atoms with Crippen LogP contribution in [0.2, 0.25) is 0 Å². The van der Waals surface area contributed by atoms with Gasteiger partial charge in [0.2, 0.25) is 5.91 Å². The van der Waals surface area contributed by atoms with E-state index in [9.17, 15) is 9.59 Å². The summed E-state index contributed by atoms with van der Waals surface area (Å²) in [5, 5.41) is 0. The Morgan fingerprint density at radius 3 is 2.78 bits per heavy atom. The number of fused-ring (bicyclic) bond motifs is 3. The fraction of sp³-hybridized carbons (Fsp3) is 0.263. The molecule has 0 bridgehead atoms. The van der Waals surface area contributed by atoms with Gasteiger partial charge in [-0.3, -0.25) is 9.59 Å². The number of amides is 2. The molecule has 0 aromatic heterocycles. The minimum atomic E-state index is -0.715. The number of carbonyl (C=O) groups excluding carboxylic acids is 2. The van der Waals surface area contributed by atoms with E-state index in [2.05, 4.69) is 0 Å². The molecule has 0 saturated carbocycles. The molecule has 2 heterocycles. The van der Waals surface area contributed by atoms with Gasteiger partial charge in [0.15, 0.2) is 0 Å². The SMILES string of the molecule is [2H]c1c([2H])c([2H])c(C(=O)N2CC(=O)N3CCc4ccccc4C3C2)c([2H])c1[2H]. The average molecular weight is 311 g/mol. The van der Waals surface area contributed by atoms with Gasteiger partial charge in [0.1, 0.15) is 6.54 Å². The molecule has 2 aromatic rings. The summed E-state index contributed by atoms with van der Waals surface area (Å²) in [5.74, 6) is -0.917. The number of carbonyl (C=O) groups is 2. The first kappa shape index (κ1) is 9.50. The fourth-order valence-electron chi connectivity index (χ4n) is 3.34. The van der Waals surface area contributed by atoms with E-state index < -0.39 is 41.7 Å². The van der Waals surface area contributed by atoms with Gasteiger partial charge in [-0.05, 0) is 29.6 Å². The van der Waals surface area contributed by atoms with Crippen molar-refractivity contribution >= 4 is 11.8 Å². The second-order valence-electron chi connectivity index (χ2n) is 5.74. The third-order valence-electron chi connectivity index (χ3n) is 4.45. The summed E-state index contributed by atoms with van der Waals surface area (Å²) in [6, 6.07) is 4.73. The normalized spacial score (nSPS) is 23.0. The molecule has 0 spiro atoms. The molecule has 1 unspecified atom stereocenters. The second-order valence-corrected chi connectivity index (χ2v) is 5.74. The van der Waals surface area contributed by atoms with Gasteiger partial charge in [-0.15, -0.1) is 0 Å². The quantitative estimate of drug-likeness (QED) is 0.810. The number of hydrogen-bond donors (Lipinski definition) is 0. The first-order chi connectivity index (χ1) is 13.3. The van der Waals surface area contributed by atoms with Crippen LogP contribution in [0.15, 0.2) is 54.5 Å². The van der Waals surface area contributed by atoms with Gasteiger partial charge in [-0.25, -0.2) is 0 Å². The van der Waals surface area contributed by atoms with Gasteiger partial charge in [0.05, 0.1) is 12.9 Å². The van der Waals surface area contributed by atoms with Crippen molar-refractivity contribution in [3.63, 3.8) is 0 Å². The maximum Gasteiger partial charge on any atom is 0.254 e. The van der Waals surface area contributed by atoms with Crippen LogP contribution < -0.4 is 0 Å². The Labute approximate surface area is 142 Å². The van der Waals surface area contributed by atoms with Crippen molar-refractivity contribution in [2.24, 2.45) is 0 Å². The molecule has 1 saturated heterocycles. The predicted molar refractivity (Wildman–Crippen MR) is 86.9 cm³/mol. The zero-order chi connectivity index (χ0) is 20.2. The molecule has 0 aliphatic carbocycles. The highest BCUT2D eigenvalue weighted by molar-refractivity contribution is 5.97. The van der Waals surface area contributed by atoms with Crippen LogP contribution in [-0.4, -0.2) is 41.2 Å². The van der Waals surface area contributed by atoms with E-state index in [0.717, 1.165) is 17.5 Å². The Morgan fingerprint density at radius 2 is 1.96 bits per heavy atom. The Bertz CT molecular complexity index is 981. The summed E-state index contributed by atoms with van der Waals surface area (Å²) in [4.78, 5) is 28.8. The summed E-state index contributed by atoms with van der Waals surface area (Å²) in [6.07, 6.45) is 0.759. The van der Waals surface area contributed by atoms with Gasteiger partial charge in [-0.1, -0.05) is 42.4 Å². The maximum absolute atomic E-state index is 13.1. The smallest absolute Gasteiger partial charge is 0.254 e. The van der Waals surface area contributed by atoms with Gasteiger partial charge >= 0.3 is 0 Å². The Balaban J connectivity index is 1.73. The largest absolute Gasteiger partial charge is 0.332 e. The Hall–Kier alpha value is -2.62. The maximum atomic E-state index is 13.1. The minimum Gasteiger partial charge on any atom is -0.332 e. The van der Waals surface area contributed by atoms with E-state index >= 15 is 0 Å². The minimum absolute atomic E-state index is 0.167. The number of hydrogen-bond acceptors (Lipinski definition) is 2. The summed E-state index contributed by atoms with van der Waals surface area (Å²) in [6.45, 7) is 0.640. The molecule has 4 rings (SSSR count). The molecule has 4 heteroatoms. The molecule has 1 fully saturated rings. The molecule has 4 nitrogen and oxygen atoms in total. The van der Waals surface area contributed by atoms with Crippen molar-refractivity contribution < 1.29 is 16.4 Å². The fourth-order valence-corrected chi connectivity index (χ4v) is 3.34. The van der Waals surface area contributed by atoms with Crippen molar-refractivity contribution in [2.45, 2.75) is 12.5 Å². The monoisotopic (exact) mass is 311 g/mol. The number of nitrogens with zero attached hydrogens (tertiary/aromatic N) is 2. The molecule has 1 atom stereocenters.